The fraction of sp³-hybridized carbons (Fsp3) is 0.385. The Bertz CT molecular complexity index is 476. The summed E-state index contributed by atoms with van der Waals surface area (Å²) >= 11 is 0. The summed E-state index contributed by atoms with van der Waals surface area (Å²) in [5, 5.41) is 11.2. The molecule has 0 spiro atoms. The first-order chi connectivity index (χ1) is 9.01. The summed E-state index contributed by atoms with van der Waals surface area (Å²) in [6.45, 7) is 1.80. The second kappa shape index (κ2) is 6.72. The Morgan fingerprint density at radius 3 is 2.68 bits per heavy atom. The van der Waals surface area contributed by atoms with Gasteiger partial charge < -0.3 is 15.2 Å². The summed E-state index contributed by atoms with van der Waals surface area (Å²) in [7, 11) is 1.31. The molecule has 0 saturated heterocycles. The standard InChI is InChI=1S/C13H16FNO4/c1-3-5-9(13(17)18)15-12(16)11-8(14)6-4-7-10(11)19-2/h4,6-7,9H,3,5H2,1-2H3,(H,15,16)(H,17,18)/t9-/m1/s1. The van der Waals surface area contributed by atoms with Gasteiger partial charge in [-0.1, -0.05) is 19.4 Å². The van der Waals surface area contributed by atoms with Gasteiger partial charge in [0.2, 0.25) is 0 Å². The summed E-state index contributed by atoms with van der Waals surface area (Å²) in [5.74, 6) is -2.63. The number of aliphatic carboxylic acids is 1. The maximum absolute atomic E-state index is 13.6. The Morgan fingerprint density at radius 1 is 1.47 bits per heavy atom. The molecule has 0 saturated carbocycles. The summed E-state index contributed by atoms with van der Waals surface area (Å²) in [4.78, 5) is 22.9. The normalized spacial score (nSPS) is 11.7. The van der Waals surface area contributed by atoms with Gasteiger partial charge in [0, 0.05) is 0 Å². The molecule has 0 unspecified atom stereocenters. The first kappa shape index (κ1) is 14.9. The van der Waals surface area contributed by atoms with Crippen LogP contribution in [0, 0.1) is 5.82 Å². The topological polar surface area (TPSA) is 75.6 Å². The molecule has 1 aromatic carbocycles. The zero-order chi connectivity index (χ0) is 14.4. The molecule has 0 aliphatic carbocycles. The highest BCUT2D eigenvalue weighted by Crippen LogP contribution is 2.21. The number of carboxylic acid groups (broad SMARTS) is 1. The number of carbonyl (C=O) groups is 2. The van der Waals surface area contributed by atoms with Gasteiger partial charge in [-0.05, 0) is 18.6 Å². The predicted molar refractivity (Wildman–Crippen MR) is 66.8 cm³/mol. The number of methoxy groups -OCH3 is 1. The van der Waals surface area contributed by atoms with E-state index in [2.05, 4.69) is 5.32 Å². The number of carboxylic acids is 1. The quantitative estimate of drug-likeness (QED) is 0.826. The van der Waals surface area contributed by atoms with Crippen molar-refractivity contribution < 1.29 is 23.8 Å². The van der Waals surface area contributed by atoms with Gasteiger partial charge in [0.25, 0.3) is 5.91 Å². The van der Waals surface area contributed by atoms with E-state index in [0.29, 0.717) is 6.42 Å². The molecular formula is C13H16FNO4. The summed E-state index contributed by atoms with van der Waals surface area (Å²) < 4.78 is 18.5. The van der Waals surface area contributed by atoms with Crippen molar-refractivity contribution in [3.63, 3.8) is 0 Å². The van der Waals surface area contributed by atoms with Crippen LogP contribution in [0.25, 0.3) is 0 Å². The molecule has 0 aliphatic heterocycles. The number of carbonyl (C=O) groups excluding carboxylic acids is 1. The Balaban J connectivity index is 2.97. The molecule has 0 aromatic heterocycles. The van der Waals surface area contributed by atoms with E-state index in [1.165, 1.54) is 19.2 Å². The van der Waals surface area contributed by atoms with E-state index in [1.54, 1.807) is 6.92 Å². The van der Waals surface area contributed by atoms with Crippen molar-refractivity contribution in [1.82, 2.24) is 5.32 Å². The molecular weight excluding hydrogens is 253 g/mol. The summed E-state index contributed by atoms with van der Waals surface area (Å²) in [6, 6.07) is 2.92. The molecule has 1 aromatic rings. The van der Waals surface area contributed by atoms with Gasteiger partial charge in [0.15, 0.2) is 0 Å². The fourth-order valence-corrected chi connectivity index (χ4v) is 1.67. The van der Waals surface area contributed by atoms with E-state index >= 15 is 0 Å². The zero-order valence-electron chi connectivity index (χ0n) is 10.8. The molecule has 0 bridgehead atoms. The third kappa shape index (κ3) is 3.67. The molecule has 1 amide bonds. The lowest BCUT2D eigenvalue weighted by molar-refractivity contribution is -0.139. The molecule has 104 valence electrons. The number of halogens is 1. The van der Waals surface area contributed by atoms with Crippen LogP contribution < -0.4 is 10.1 Å². The largest absolute Gasteiger partial charge is 0.496 e. The van der Waals surface area contributed by atoms with Crippen LogP contribution in [0.15, 0.2) is 18.2 Å². The SMILES string of the molecule is CCC[C@@H](NC(=O)c1c(F)cccc1OC)C(=O)O. The van der Waals surface area contributed by atoms with Gasteiger partial charge in [-0.2, -0.15) is 0 Å². The molecule has 19 heavy (non-hydrogen) atoms. The van der Waals surface area contributed by atoms with Crippen molar-refractivity contribution in [3.05, 3.63) is 29.6 Å². The van der Waals surface area contributed by atoms with Crippen molar-refractivity contribution in [1.29, 1.82) is 0 Å². The van der Waals surface area contributed by atoms with E-state index in [1.807, 2.05) is 0 Å². The second-order valence-electron chi connectivity index (χ2n) is 3.97. The number of nitrogens with one attached hydrogen (secondary N) is 1. The molecule has 0 heterocycles. The van der Waals surface area contributed by atoms with Crippen LogP contribution in [-0.4, -0.2) is 30.1 Å². The number of amides is 1. The van der Waals surface area contributed by atoms with E-state index in [4.69, 9.17) is 9.84 Å². The van der Waals surface area contributed by atoms with E-state index in [9.17, 15) is 14.0 Å². The minimum atomic E-state index is -1.15. The van der Waals surface area contributed by atoms with Crippen LogP contribution >= 0.6 is 0 Å². The Kier molecular flexibility index (Phi) is 5.29. The average molecular weight is 269 g/mol. The van der Waals surface area contributed by atoms with Crippen molar-refractivity contribution in [3.8, 4) is 5.75 Å². The molecule has 0 fully saturated rings. The van der Waals surface area contributed by atoms with Gasteiger partial charge in [0.05, 0.1) is 7.11 Å². The molecule has 5 nitrogen and oxygen atoms in total. The average Bonchev–Trinajstić information content (AvgIpc) is 2.37. The van der Waals surface area contributed by atoms with Gasteiger partial charge in [-0.25, -0.2) is 9.18 Å². The van der Waals surface area contributed by atoms with Crippen LogP contribution in [0.4, 0.5) is 4.39 Å². The Morgan fingerprint density at radius 2 is 2.16 bits per heavy atom. The monoisotopic (exact) mass is 269 g/mol. The van der Waals surface area contributed by atoms with Gasteiger partial charge in [0.1, 0.15) is 23.2 Å². The summed E-state index contributed by atoms with van der Waals surface area (Å²) in [6.07, 6.45) is 0.865. The number of hydrogen-bond acceptors (Lipinski definition) is 3. The summed E-state index contributed by atoms with van der Waals surface area (Å²) in [5.41, 5.74) is -0.285. The Labute approximate surface area is 110 Å². The van der Waals surface area contributed by atoms with Crippen LogP contribution in [0.2, 0.25) is 0 Å². The third-order valence-electron chi connectivity index (χ3n) is 2.60. The van der Waals surface area contributed by atoms with Crippen molar-refractivity contribution in [2.24, 2.45) is 0 Å². The number of benzene rings is 1. The van der Waals surface area contributed by atoms with E-state index in [0.717, 1.165) is 6.07 Å². The molecule has 2 N–H and O–H groups in total. The van der Waals surface area contributed by atoms with E-state index in [-0.39, 0.29) is 17.7 Å². The van der Waals surface area contributed by atoms with Crippen LogP contribution in [0.5, 0.6) is 5.75 Å². The highest BCUT2D eigenvalue weighted by molar-refractivity contribution is 5.99. The van der Waals surface area contributed by atoms with Gasteiger partial charge >= 0.3 is 5.97 Å². The molecule has 0 radical (unpaired) electrons. The van der Waals surface area contributed by atoms with Crippen LogP contribution in [-0.2, 0) is 4.79 Å². The number of ether oxygens (including phenoxy) is 1. The van der Waals surface area contributed by atoms with Crippen molar-refractivity contribution in [2.45, 2.75) is 25.8 Å². The smallest absolute Gasteiger partial charge is 0.326 e. The lowest BCUT2D eigenvalue weighted by Gasteiger charge is -2.15. The predicted octanol–water partition coefficient (Wildman–Crippen LogP) is 1.82. The highest BCUT2D eigenvalue weighted by atomic mass is 19.1. The zero-order valence-corrected chi connectivity index (χ0v) is 10.8. The van der Waals surface area contributed by atoms with Crippen LogP contribution in [0.3, 0.4) is 0 Å². The molecule has 6 heteroatoms. The lowest BCUT2D eigenvalue weighted by Crippen LogP contribution is -2.41. The maximum Gasteiger partial charge on any atom is 0.326 e. The van der Waals surface area contributed by atoms with Crippen molar-refractivity contribution in [2.75, 3.05) is 7.11 Å². The molecule has 1 atom stereocenters. The number of rotatable bonds is 6. The Hall–Kier alpha value is -2.11. The minimum Gasteiger partial charge on any atom is -0.496 e. The van der Waals surface area contributed by atoms with E-state index < -0.39 is 23.7 Å². The first-order valence-corrected chi connectivity index (χ1v) is 5.87. The second-order valence-corrected chi connectivity index (χ2v) is 3.97. The number of hydrogen-bond donors (Lipinski definition) is 2. The van der Waals surface area contributed by atoms with Crippen LogP contribution in [0.1, 0.15) is 30.1 Å². The third-order valence-corrected chi connectivity index (χ3v) is 2.60. The lowest BCUT2D eigenvalue weighted by atomic mass is 10.1. The maximum atomic E-state index is 13.6. The van der Waals surface area contributed by atoms with Crippen molar-refractivity contribution >= 4 is 11.9 Å². The minimum absolute atomic E-state index is 0.0677. The van der Waals surface area contributed by atoms with Gasteiger partial charge in [-0.3, -0.25) is 4.79 Å². The highest BCUT2D eigenvalue weighted by Gasteiger charge is 2.23. The first-order valence-electron chi connectivity index (χ1n) is 5.87. The fourth-order valence-electron chi connectivity index (χ4n) is 1.67. The molecule has 1 rings (SSSR count). The molecule has 0 aliphatic rings. The van der Waals surface area contributed by atoms with Gasteiger partial charge in [-0.15, -0.1) is 0 Å².